The van der Waals surface area contributed by atoms with E-state index in [2.05, 4.69) is 36.7 Å². The van der Waals surface area contributed by atoms with E-state index in [4.69, 9.17) is 5.73 Å². The van der Waals surface area contributed by atoms with Crippen molar-refractivity contribution in [1.29, 1.82) is 0 Å². The van der Waals surface area contributed by atoms with E-state index in [-0.39, 0.29) is 5.41 Å². The largest absolute Gasteiger partial charge is 0.351 e. The highest BCUT2D eigenvalue weighted by atomic mass is 79.9. The van der Waals surface area contributed by atoms with Gasteiger partial charge in [0.1, 0.15) is 0 Å². The summed E-state index contributed by atoms with van der Waals surface area (Å²) in [7, 11) is 0. The van der Waals surface area contributed by atoms with Crippen molar-refractivity contribution in [3.63, 3.8) is 0 Å². The molecule has 0 aliphatic carbocycles. The van der Waals surface area contributed by atoms with Crippen molar-refractivity contribution in [2.75, 3.05) is 4.90 Å². The van der Waals surface area contributed by atoms with Crippen LogP contribution in [0.2, 0.25) is 0 Å². The number of amides is 2. The monoisotopic (exact) mass is 366 g/mol. The molecule has 112 valence electrons. The fraction of sp³-hybridized carbons (Fsp3) is 0.312. The number of nitrogens with zero attached hydrogens (tertiary/aromatic N) is 1. The standard InChI is InChI=1S/C16H19BrN2OS/c1-10-5-7-11(8-6-10)19(15(18)20)12-9-13(16(2,3)4)21-14(12)17/h5-9H,1-4H3,(H2,18,20). The summed E-state index contributed by atoms with van der Waals surface area (Å²) in [5.74, 6) is 0. The Bertz CT molecular complexity index is 656. The normalized spacial score (nSPS) is 11.5. The molecule has 0 aliphatic heterocycles. The highest BCUT2D eigenvalue weighted by Crippen LogP contribution is 2.42. The number of carbonyl (C=O) groups excluding carboxylic acids is 1. The van der Waals surface area contributed by atoms with E-state index >= 15 is 0 Å². The van der Waals surface area contributed by atoms with Gasteiger partial charge < -0.3 is 5.73 Å². The maximum Gasteiger partial charge on any atom is 0.323 e. The Morgan fingerprint density at radius 1 is 1.24 bits per heavy atom. The minimum absolute atomic E-state index is 0.0298. The van der Waals surface area contributed by atoms with Gasteiger partial charge in [0.25, 0.3) is 0 Å². The van der Waals surface area contributed by atoms with E-state index in [0.29, 0.717) is 0 Å². The summed E-state index contributed by atoms with van der Waals surface area (Å²) in [6.07, 6.45) is 0. The summed E-state index contributed by atoms with van der Waals surface area (Å²) in [6, 6.07) is 9.28. The molecule has 0 saturated heterocycles. The van der Waals surface area contributed by atoms with Crippen molar-refractivity contribution in [3.05, 3.63) is 44.6 Å². The van der Waals surface area contributed by atoms with Gasteiger partial charge in [-0.1, -0.05) is 38.5 Å². The highest BCUT2D eigenvalue weighted by Gasteiger charge is 2.24. The fourth-order valence-corrected chi connectivity index (χ4v) is 3.70. The van der Waals surface area contributed by atoms with E-state index in [1.807, 2.05) is 37.3 Å². The molecule has 0 atom stereocenters. The van der Waals surface area contributed by atoms with Gasteiger partial charge in [-0.2, -0.15) is 0 Å². The number of anilines is 2. The van der Waals surface area contributed by atoms with Crippen LogP contribution in [-0.4, -0.2) is 6.03 Å². The fourth-order valence-electron chi connectivity index (χ4n) is 1.96. The van der Waals surface area contributed by atoms with Gasteiger partial charge >= 0.3 is 6.03 Å². The van der Waals surface area contributed by atoms with E-state index in [0.717, 1.165) is 20.7 Å². The first-order chi connectivity index (χ1) is 9.70. The molecule has 1 aromatic heterocycles. The summed E-state index contributed by atoms with van der Waals surface area (Å²) < 4.78 is 0.909. The second-order valence-electron chi connectivity index (χ2n) is 6.03. The van der Waals surface area contributed by atoms with Crippen molar-refractivity contribution in [2.24, 2.45) is 5.73 Å². The number of carbonyl (C=O) groups is 1. The van der Waals surface area contributed by atoms with E-state index < -0.39 is 6.03 Å². The SMILES string of the molecule is Cc1ccc(N(C(N)=O)c2cc(C(C)(C)C)sc2Br)cc1. The summed E-state index contributed by atoms with van der Waals surface area (Å²) in [5.41, 5.74) is 8.33. The number of urea groups is 1. The topological polar surface area (TPSA) is 46.3 Å². The lowest BCUT2D eigenvalue weighted by Crippen LogP contribution is -2.31. The third kappa shape index (κ3) is 3.47. The lowest BCUT2D eigenvalue weighted by molar-refractivity contribution is 0.256. The lowest BCUT2D eigenvalue weighted by atomic mass is 9.94. The molecule has 0 aliphatic rings. The molecule has 2 N–H and O–H groups in total. The third-order valence-corrected chi connectivity index (χ3v) is 5.39. The minimum Gasteiger partial charge on any atom is -0.351 e. The van der Waals surface area contributed by atoms with Crippen LogP contribution in [0.1, 0.15) is 31.2 Å². The molecule has 0 radical (unpaired) electrons. The first-order valence-electron chi connectivity index (χ1n) is 6.66. The van der Waals surface area contributed by atoms with Crippen molar-refractivity contribution in [1.82, 2.24) is 0 Å². The number of nitrogens with two attached hydrogens (primary N) is 1. The second-order valence-corrected chi connectivity index (χ2v) is 8.40. The van der Waals surface area contributed by atoms with Crippen LogP contribution in [-0.2, 0) is 5.41 Å². The van der Waals surface area contributed by atoms with Crippen molar-refractivity contribution in [3.8, 4) is 0 Å². The molecule has 1 heterocycles. The molecule has 5 heteroatoms. The number of hydrogen-bond donors (Lipinski definition) is 1. The zero-order valence-electron chi connectivity index (χ0n) is 12.6. The Morgan fingerprint density at radius 3 is 2.24 bits per heavy atom. The van der Waals surface area contributed by atoms with Gasteiger partial charge in [0.15, 0.2) is 0 Å². The zero-order valence-corrected chi connectivity index (χ0v) is 15.0. The molecule has 2 rings (SSSR count). The van der Waals surface area contributed by atoms with Gasteiger partial charge in [-0.15, -0.1) is 11.3 Å². The van der Waals surface area contributed by atoms with Crippen LogP contribution in [0, 0.1) is 6.92 Å². The molecule has 0 bridgehead atoms. The van der Waals surface area contributed by atoms with Gasteiger partial charge in [0.2, 0.25) is 0 Å². The first kappa shape index (κ1) is 16.0. The molecule has 1 aromatic carbocycles. The third-order valence-electron chi connectivity index (χ3n) is 3.16. The first-order valence-corrected chi connectivity index (χ1v) is 8.27. The Balaban J connectivity index is 2.51. The Kier molecular flexibility index (Phi) is 4.44. The van der Waals surface area contributed by atoms with Crippen molar-refractivity contribution < 1.29 is 4.79 Å². The molecular weight excluding hydrogens is 348 g/mol. The molecule has 0 spiro atoms. The van der Waals surface area contributed by atoms with Crippen LogP contribution in [0.3, 0.4) is 0 Å². The molecule has 2 aromatic rings. The van der Waals surface area contributed by atoms with Crippen LogP contribution in [0.5, 0.6) is 0 Å². The van der Waals surface area contributed by atoms with Gasteiger partial charge in [0, 0.05) is 4.88 Å². The van der Waals surface area contributed by atoms with Crippen LogP contribution in [0.4, 0.5) is 16.2 Å². The van der Waals surface area contributed by atoms with E-state index in [1.54, 1.807) is 11.3 Å². The van der Waals surface area contributed by atoms with Crippen LogP contribution >= 0.6 is 27.3 Å². The van der Waals surface area contributed by atoms with Crippen molar-refractivity contribution >= 4 is 44.7 Å². The maximum atomic E-state index is 11.9. The summed E-state index contributed by atoms with van der Waals surface area (Å²) in [4.78, 5) is 14.7. The van der Waals surface area contributed by atoms with Gasteiger partial charge in [-0.05, 0) is 46.5 Å². The Morgan fingerprint density at radius 2 is 1.81 bits per heavy atom. The molecular formula is C16H19BrN2OS. The summed E-state index contributed by atoms with van der Waals surface area (Å²) in [6.45, 7) is 8.46. The smallest absolute Gasteiger partial charge is 0.323 e. The van der Waals surface area contributed by atoms with Crippen LogP contribution in [0.15, 0.2) is 34.1 Å². The number of halogens is 1. The average Bonchev–Trinajstić information content (AvgIpc) is 2.74. The van der Waals surface area contributed by atoms with Crippen molar-refractivity contribution in [2.45, 2.75) is 33.1 Å². The number of aryl methyl sites for hydroxylation is 1. The average molecular weight is 367 g/mol. The quantitative estimate of drug-likeness (QED) is 0.766. The predicted octanol–water partition coefficient (Wildman–Crippen LogP) is 5.33. The number of benzene rings is 1. The second kappa shape index (κ2) is 5.81. The highest BCUT2D eigenvalue weighted by molar-refractivity contribution is 9.11. The summed E-state index contributed by atoms with van der Waals surface area (Å²) >= 11 is 5.19. The summed E-state index contributed by atoms with van der Waals surface area (Å²) in [5, 5.41) is 0. The van der Waals surface area contributed by atoms with E-state index in [1.165, 1.54) is 9.78 Å². The number of rotatable bonds is 2. The van der Waals surface area contributed by atoms with E-state index in [9.17, 15) is 4.79 Å². The minimum atomic E-state index is -0.488. The van der Waals surface area contributed by atoms with Crippen LogP contribution < -0.4 is 10.6 Å². The van der Waals surface area contributed by atoms with Crippen LogP contribution in [0.25, 0.3) is 0 Å². The van der Waals surface area contributed by atoms with Gasteiger partial charge in [-0.3, -0.25) is 4.90 Å². The number of thiophene rings is 1. The molecule has 2 amide bonds. The number of hydrogen-bond acceptors (Lipinski definition) is 2. The van der Waals surface area contributed by atoms with Gasteiger partial charge in [-0.25, -0.2) is 4.79 Å². The lowest BCUT2D eigenvalue weighted by Gasteiger charge is -2.20. The predicted molar refractivity (Wildman–Crippen MR) is 93.6 cm³/mol. The number of primary amides is 1. The molecule has 3 nitrogen and oxygen atoms in total. The Labute approximate surface area is 137 Å². The van der Waals surface area contributed by atoms with Gasteiger partial charge in [0.05, 0.1) is 15.2 Å². The molecule has 0 fully saturated rings. The molecule has 0 saturated carbocycles. The molecule has 0 unspecified atom stereocenters. The Hall–Kier alpha value is -1.33. The molecule has 21 heavy (non-hydrogen) atoms. The zero-order chi connectivity index (χ0) is 15.8. The maximum absolute atomic E-state index is 11.9.